The second kappa shape index (κ2) is 5.21. The smallest absolute Gasteiger partial charge is 0.254 e. The molecule has 0 saturated heterocycles. The molecule has 0 aliphatic rings. The fourth-order valence-corrected chi connectivity index (χ4v) is 1.33. The molecule has 1 aromatic heterocycles. The predicted molar refractivity (Wildman–Crippen MR) is 58.4 cm³/mol. The molecule has 1 N–H and O–H groups in total. The number of nitrogens with zero attached hydrogens (tertiary/aromatic N) is 3. The van der Waals surface area contributed by atoms with Gasteiger partial charge in [0.2, 0.25) is 0 Å². The van der Waals surface area contributed by atoms with Crippen molar-refractivity contribution in [3.05, 3.63) is 24.0 Å². The van der Waals surface area contributed by atoms with Crippen LogP contribution >= 0.6 is 0 Å². The topological polar surface area (TPSA) is 78.7 Å². The highest BCUT2D eigenvalue weighted by molar-refractivity contribution is 5.94. The minimum Gasteiger partial charge on any atom is -0.334 e. The summed E-state index contributed by atoms with van der Waals surface area (Å²) >= 11 is 0. The van der Waals surface area contributed by atoms with Crippen molar-refractivity contribution in [2.24, 2.45) is 0 Å². The molecule has 0 radical (unpaired) electrons. The van der Waals surface area contributed by atoms with Crippen LogP contribution in [0.3, 0.4) is 0 Å². The van der Waals surface area contributed by atoms with Gasteiger partial charge in [0.25, 0.3) is 5.91 Å². The number of carbonyl (C=O) groups is 1. The lowest BCUT2D eigenvalue weighted by Crippen LogP contribution is -2.46. The van der Waals surface area contributed by atoms with Crippen LogP contribution in [0.25, 0.3) is 0 Å². The third kappa shape index (κ3) is 2.54. The molecule has 0 aliphatic heterocycles. The van der Waals surface area contributed by atoms with E-state index in [4.69, 9.17) is 5.26 Å². The summed E-state index contributed by atoms with van der Waals surface area (Å²) < 4.78 is 0. The number of nitriles is 1. The normalized spacial score (nSPS) is 10.6. The maximum Gasteiger partial charge on any atom is 0.254 e. The van der Waals surface area contributed by atoms with Gasteiger partial charge in [0, 0.05) is 0 Å². The van der Waals surface area contributed by atoms with Crippen LogP contribution in [0.1, 0.15) is 37.0 Å². The van der Waals surface area contributed by atoms with Gasteiger partial charge in [-0.25, -0.2) is 0 Å². The fourth-order valence-electron chi connectivity index (χ4n) is 1.33. The number of rotatable bonds is 4. The molecule has 0 saturated carbocycles. The van der Waals surface area contributed by atoms with Crippen molar-refractivity contribution >= 4 is 5.91 Å². The highest BCUT2D eigenvalue weighted by Gasteiger charge is 2.28. The zero-order valence-corrected chi connectivity index (χ0v) is 9.40. The maximum absolute atomic E-state index is 11.8. The zero-order chi connectivity index (χ0) is 12.0. The molecule has 0 unspecified atom stereocenters. The summed E-state index contributed by atoms with van der Waals surface area (Å²) in [4.78, 5) is 11.8. The first-order valence-corrected chi connectivity index (χ1v) is 5.18. The Kier molecular flexibility index (Phi) is 3.95. The van der Waals surface area contributed by atoms with Gasteiger partial charge in [-0.05, 0) is 18.9 Å². The molecule has 5 heteroatoms. The van der Waals surface area contributed by atoms with E-state index in [0.29, 0.717) is 18.4 Å². The monoisotopic (exact) mass is 218 g/mol. The highest BCUT2D eigenvalue weighted by atomic mass is 16.1. The van der Waals surface area contributed by atoms with Crippen LogP contribution in [0, 0.1) is 11.3 Å². The predicted octanol–water partition coefficient (Wildman–Crippen LogP) is 1.29. The minimum absolute atomic E-state index is 0.292. The SMILES string of the molecule is CCC(C#N)(CC)NC(=O)c1ccnnc1. The van der Waals surface area contributed by atoms with Crippen LogP contribution in [0.5, 0.6) is 0 Å². The molecule has 16 heavy (non-hydrogen) atoms. The summed E-state index contributed by atoms with van der Waals surface area (Å²) in [5.74, 6) is -0.292. The van der Waals surface area contributed by atoms with Crippen molar-refractivity contribution in [2.45, 2.75) is 32.2 Å². The Morgan fingerprint density at radius 1 is 1.50 bits per heavy atom. The van der Waals surface area contributed by atoms with Crippen LogP contribution in [-0.2, 0) is 0 Å². The van der Waals surface area contributed by atoms with Crippen molar-refractivity contribution in [1.29, 1.82) is 5.26 Å². The summed E-state index contributed by atoms with van der Waals surface area (Å²) in [5, 5.41) is 19.0. The molecule has 1 heterocycles. The first kappa shape index (κ1) is 12.1. The van der Waals surface area contributed by atoms with Gasteiger partial charge >= 0.3 is 0 Å². The van der Waals surface area contributed by atoms with Gasteiger partial charge in [-0.2, -0.15) is 15.5 Å². The van der Waals surface area contributed by atoms with Crippen LogP contribution in [0.2, 0.25) is 0 Å². The molecule has 1 aromatic rings. The van der Waals surface area contributed by atoms with Crippen LogP contribution in [0.4, 0.5) is 0 Å². The average Bonchev–Trinajstić information content (AvgIpc) is 2.37. The van der Waals surface area contributed by atoms with E-state index in [1.54, 1.807) is 6.07 Å². The van der Waals surface area contributed by atoms with E-state index in [9.17, 15) is 4.79 Å². The lowest BCUT2D eigenvalue weighted by molar-refractivity contribution is 0.0915. The van der Waals surface area contributed by atoms with Crippen molar-refractivity contribution in [3.63, 3.8) is 0 Å². The largest absolute Gasteiger partial charge is 0.334 e. The summed E-state index contributed by atoms with van der Waals surface area (Å²) in [7, 11) is 0. The number of hydrogen-bond acceptors (Lipinski definition) is 4. The van der Waals surface area contributed by atoms with E-state index in [2.05, 4.69) is 21.6 Å². The molecule has 84 valence electrons. The van der Waals surface area contributed by atoms with Gasteiger partial charge in [0.05, 0.1) is 24.0 Å². The third-order valence-corrected chi connectivity index (χ3v) is 2.62. The van der Waals surface area contributed by atoms with Gasteiger partial charge < -0.3 is 5.32 Å². The van der Waals surface area contributed by atoms with E-state index in [1.165, 1.54) is 12.4 Å². The van der Waals surface area contributed by atoms with E-state index in [-0.39, 0.29) is 5.91 Å². The van der Waals surface area contributed by atoms with E-state index < -0.39 is 5.54 Å². The van der Waals surface area contributed by atoms with E-state index in [1.807, 2.05) is 13.8 Å². The lowest BCUT2D eigenvalue weighted by Gasteiger charge is -2.24. The Morgan fingerprint density at radius 2 is 2.19 bits per heavy atom. The third-order valence-electron chi connectivity index (χ3n) is 2.62. The number of nitrogens with one attached hydrogen (secondary N) is 1. The molecule has 0 atom stereocenters. The second-order valence-electron chi connectivity index (χ2n) is 3.49. The van der Waals surface area contributed by atoms with Crippen LogP contribution in [-0.4, -0.2) is 21.6 Å². The van der Waals surface area contributed by atoms with Gasteiger partial charge in [-0.15, -0.1) is 0 Å². The number of hydrogen-bond donors (Lipinski definition) is 1. The summed E-state index contributed by atoms with van der Waals surface area (Å²) in [6.07, 6.45) is 3.97. The van der Waals surface area contributed by atoms with Crippen molar-refractivity contribution in [1.82, 2.24) is 15.5 Å². The quantitative estimate of drug-likeness (QED) is 0.825. The number of carbonyl (C=O) groups excluding carboxylic acids is 1. The van der Waals surface area contributed by atoms with Gasteiger partial charge in [0.15, 0.2) is 0 Å². The molecule has 0 bridgehead atoms. The minimum atomic E-state index is -0.791. The molecule has 1 rings (SSSR count). The Hall–Kier alpha value is -1.96. The molecule has 0 aromatic carbocycles. The standard InChI is InChI=1S/C11H14N4O/c1-3-11(4-2,8-12)15-10(16)9-5-6-13-14-7-9/h5-7H,3-4H2,1-2H3,(H,15,16). The Bertz CT molecular complexity index is 392. The molecular weight excluding hydrogens is 204 g/mol. The molecule has 0 fully saturated rings. The first-order chi connectivity index (χ1) is 7.67. The number of amides is 1. The van der Waals surface area contributed by atoms with Gasteiger partial charge in [0.1, 0.15) is 5.54 Å². The number of aromatic nitrogens is 2. The van der Waals surface area contributed by atoms with Gasteiger partial charge in [-0.3, -0.25) is 4.79 Å². The molecule has 0 aliphatic carbocycles. The van der Waals surface area contributed by atoms with E-state index >= 15 is 0 Å². The van der Waals surface area contributed by atoms with Gasteiger partial charge in [-0.1, -0.05) is 13.8 Å². The van der Waals surface area contributed by atoms with Crippen LogP contribution < -0.4 is 5.32 Å². The molecule has 1 amide bonds. The lowest BCUT2D eigenvalue weighted by atomic mass is 9.94. The molecule has 5 nitrogen and oxygen atoms in total. The highest BCUT2D eigenvalue weighted by Crippen LogP contribution is 2.14. The zero-order valence-electron chi connectivity index (χ0n) is 9.40. The fraction of sp³-hybridized carbons (Fsp3) is 0.455. The summed E-state index contributed by atoms with van der Waals surface area (Å²) in [6.45, 7) is 3.75. The maximum atomic E-state index is 11.8. The van der Waals surface area contributed by atoms with Crippen LogP contribution in [0.15, 0.2) is 18.5 Å². The summed E-state index contributed by atoms with van der Waals surface area (Å²) in [5.41, 5.74) is -0.378. The van der Waals surface area contributed by atoms with Crippen molar-refractivity contribution < 1.29 is 4.79 Å². The average molecular weight is 218 g/mol. The Balaban J connectivity index is 2.82. The second-order valence-corrected chi connectivity index (χ2v) is 3.49. The first-order valence-electron chi connectivity index (χ1n) is 5.18. The Morgan fingerprint density at radius 3 is 2.62 bits per heavy atom. The van der Waals surface area contributed by atoms with E-state index in [0.717, 1.165) is 0 Å². The Labute approximate surface area is 94.5 Å². The molecular formula is C11H14N4O. The van der Waals surface area contributed by atoms with Crippen molar-refractivity contribution in [2.75, 3.05) is 0 Å². The summed E-state index contributed by atoms with van der Waals surface area (Å²) in [6, 6.07) is 3.71. The van der Waals surface area contributed by atoms with Crippen molar-refractivity contribution in [3.8, 4) is 6.07 Å². The molecule has 0 spiro atoms.